The number of hydrogen-bond donors (Lipinski definition) is 0. The van der Waals surface area contributed by atoms with Gasteiger partial charge in [0.15, 0.2) is 5.94 Å². The molecule has 1 heterocycles. The third-order valence-electron chi connectivity index (χ3n) is 1.45. The molecular weight excluding hydrogens is 144 g/mol. The highest BCUT2D eigenvalue weighted by Crippen LogP contribution is 2.30. The van der Waals surface area contributed by atoms with Crippen LogP contribution in [0.25, 0.3) is 0 Å². The zero-order chi connectivity index (χ0) is 6.81. The summed E-state index contributed by atoms with van der Waals surface area (Å²) in [6.45, 7) is 0. The molecule has 0 amide bonds. The Morgan fingerprint density at radius 3 is 3.10 bits per heavy atom. The highest BCUT2D eigenvalue weighted by molar-refractivity contribution is 8.00. The van der Waals surface area contributed by atoms with Crippen LogP contribution in [0.1, 0.15) is 5.56 Å². The van der Waals surface area contributed by atoms with E-state index in [1.165, 1.54) is 5.56 Å². The zero-order valence-corrected chi connectivity index (χ0v) is 6.23. The molecule has 2 heteroatoms. The number of para-hydroxylation sites is 1. The maximum Gasteiger partial charge on any atom is 0.191 e. The van der Waals surface area contributed by atoms with E-state index in [0.29, 0.717) is 0 Å². The van der Waals surface area contributed by atoms with Crippen LogP contribution >= 0.6 is 11.8 Å². The van der Waals surface area contributed by atoms with Crippen molar-refractivity contribution in [2.24, 2.45) is 0 Å². The van der Waals surface area contributed by atoms with Crippen LogP contribution in [0.5, 0.6) is 5.75 Å². The molecule has 1 aliphatic heterocycles. The highest BCUT2D eigenvalue weighted by Gasteiger charge is 2.08. The molecule has 0 fully saturated rings. The average Bonchev–Trinajstić information content (AvgIpc) is 2.05. The van der Waals surface area contributed by atoms with Gasteiger partial charge in [-0.25, -0.2) is 0 Å². The minimum atomic E-state index is 1.00. The SMILES string of the molecule is [CH]1Oc2ccccc2CS1. The van der Waals surface area contributed by atoms with E-state index in [2.05, 4.69) is 6.07 Å². The first-order valence-corrected chi connectivity index (χ1v) is 4.19. The summed E-state index contributed by atoms with van der Waals surface area (Å²) in [6, 6.07) is 8.11. The van der Waals surface area contributed by atoms with Crippen LogP contribution in [0.2, 0.25) is 0 Å². The summed E-state index contributed by atoms with van der Waals surface area (Å²) in [5.41, 5.74) is 1.29. The van der Waals surface area contributed by atoms with Crippen molar-refractivity contribution >= 4 is 11.8 Å². The summed E-state index contributed by atoms with van der Waals surface area (Å²) in [5.74, 6) is 3.82. The first-order valence-electron chi connectivity index (χ1n) is 3.15. The van der Waals surface area contributed by atoms with Gasteiger partial charge in [-0.15, -0.1) is 11.8 Å². The molecule has 1 nitrogen and oxygen atoms in total. The Balaban J connectivity index is 2.41. The van der Waals surface area contributed by atoms with Crippen LogP contribution in [-0.4, -0.2) is 0 Å². The standard InChI is InChI=1S/C8H7OS/c1-2-4-8-7(3-1)5-10-6-9-8/h1-4,6H,5H2. The van der Waals surface area contributed by atoms with E-state index < -0.39 is 0 Å². The Labute approximate surface area is 64.4 Å². The van der Waals surface area contributed by atoms with E-state index in [9.17, 15) is 0 Å². The van der Waals surface area contributed by atoms with E-state index in [1.807, 2.05) is 18.2 Å². The number of hydrogen-bond acceptors (Lipinski definition) is 2. The molecule has 0 saturated heterocycles. The van der Waals surface area contributed by atoms with Gasteiger partial charge in [-0.05, 0) is 6.07 Å². The summed E-state index contributed by atoms with van der Waals surface area (Å²) in [6.07, 6.45) is 0. The van der Waals surface area contributed by atoms with Gasteiger partial charge < -0.3 is 4.74 Å². The van der Waals surface area contributed by atoms with Crippen LogP contribution in [0.15, 0.2) is 24.3 Å². The van der Waals surface area contributed by atoms with Gasteiger partial charge >= 0.3 is 0 Å². The van der Waals surface area contributed by atoms with Crippen LogP contribution < -0.4 is 4.74 Å². The predicted octanol–water partition coefficient (Wildman–Crippen LogP) is 2.43. The Bertz CT molecular complexity index is 209. The number of ether oxygens (including phenoxy) is 1. The number of thioether (sulfide) groups is 1. The molecule has 1 aliphatic rings. The average molecular weight is 151 g/mol. The van der Waals surface area contributed by atoms with Gasteiger partial charge in [0.2, 0.25) is 0 Å². The summed E-state index contributed by atoms with van der Waals surface area (Å²) < 4.78 is 5.26. The Morgan fingerprint density at radius 1 is 1.30 bits per heavy atom. The monoisotopic (exact) mass is 151 g/mol. The summed E-state index contributed by atoms with van der Waals surface area (Å²) in [4.78, 5) is 0. The quantitative estimate of drug-likeness (QED) is 0.563. The summed E-state index contributed by atoms with van der Waals surface area (Å²) >= 11 is 1.69. The number of rotatable bonds is 0. The number of fused-ring (bicyclic) bond motifs is 1. The Morgan fingerprint density at radius 2 is 2.20 bits per heavy atom. The van der Waals surface area contributed by atoms with Crippen molar-refractivity contribution < 1.29 is 4.74 Å². The van der Waals surface area contributed by atoms with Gasteiger partial charge in [-0.2, -0.15) is 0 Å². The van der Waals surface area contributed by atoms with Crippen LogP contribution in [-0.2, 0) is 5.75 Å². The first-order chi connectivity index (χ1) is 4.97. The fourth-order valence-corrected chi connectivity index (χ4v) is 1.61. The highest BCUT2D eigenvalue weighted by atomic mass is 32.2. The third-order valence-corrected chi connectivity index (χ3v) is 2.16. The lowest BCUT2D eigenvalue weighted by atomic mass is 10.2. The molecule has 1 aromatic rings. The fraction of sp³-hybridized carbons (Fsp3) is 0.125. The molecule has 1 aromatic carbocycles. The zero-order valence-electron chi connectivity index (χ0n) is 5.41. The van der Waals surface area contributed by atoms with Gasteiger partial charge in [-0.1, -0.05) is 18.2 Å². The fourth-order valence-electron chi connectivity index (χ4n) is 0.948. The second-order valence-electron chi connectivity index (χ2n) is 2.13. The molecular formula is C8H7OS. The maximum atomic E-state index is 5.26. The second kappa shape index (κ2) is 2.54. The van der Waals surface area contributed by atoms with Gasteiger partial charge in [0.05, 0.1) is 0 Å². The molecule has 0 spiro atoms. The molecule has 0 atom stereocenters. The van der Waals surface area contributed by atoms with Crippen molar-refractivity contribution in [1.82, 2.24) is 0 Å². The lowest BCUT2D eigenvalue weighted by Gasteiger charge is -2.14. The van der Waals surface area contributed by atoms with Crippen LogP contribution in [0.3, 0.4) is 0 Å². The molecule has 0 bridgehead atoms. The van der Waals surface area contributed by atoms with Crippen molar-refractivity contribution in [1.29, 1.82) is 0 Å². The maximum absolute atomic E-state index is 5.26. The molecule has 0 aromatic heterocycles. The molecule has 0 saturated carbocycles. The third kappa shape index (κ3) is 0.991. The van der Waals surface area contributed by atoms with Gasteiger partial charge in [0.1, 0.15) is 5.75 Å². The van der Waals surface area contributed by atoms with Gasteiger partial charge in [-0.3, -0.25) is 0 Å². The minimum Gasteiger partial charge on any atom is -0.475 e. The lowest BCUT2D eigenvalue weighted by molar-refractivity contribution is 0.447. The Hall–Kier alpha value is -0.630. The van der Waals surface area contributed by atoms with Crippen molar-refractivity contribution in [2.75, 3.05) is 0 Å². The molecule has 10 heavy (non-hydrogen) atoms. The largest absolute Gasteiger partial charge is 0.475 e. The lowest BCUT2D eigenvalue weighted by Crippen LogP contribution is -1.97. The molecule has 0 aliphatic carbocycles. The molecule has 51 valence electrons. The normalized spacial score (nSPS) is 15.6. The minimum absolute atomic E-state index is 1.00. The number of benzene rings is 1. The van der Waals surface area contributed by atoms with Crippen LogP contribution in [0, 0.1) is 5.94 Å². The van der Waals surface area contributed by atoms with Crippen molar-refractivity contribution in [3.8, 4) is 5.75 Å². The van der Waals surface area contributed by atoms with E-state index >= 15 is 0 Å². The van der Waals surface area contributed by atoms with Crippen molar-refractivity contribution in [3.63, 3.8) is 0 Å². The van der Waals surface area contributed by atoms with Gasteiger partial charge in [0, 0.05) is 11.3 Å². The van der Waals surface area contributed by atoms with Crippen molar-refractivity contribution in [3.05, 3.63) is 35.8 Å². The van der Waals surface area contributed by atoms with Crippen molar-refractivity contribution in [2.45, 2.75) is 5.75 Å². The van der Waals surface area contributed by atoms with E-state index in [1.54, 1.807) is 17.7 Å². The smallest absolute Gasteiger partial charge is 0.191 e. The first kappa shape index (κ1) is 6.10. The molecule has 2 rings (SSSR count). The summed E-state index contributed by atoms with van der Waals surface area (Å²) in [5, 5.41) is 0. The Kier molecular flexibility index (Phi) is 1.55. The molecule has 0 N–H and O–H groups in total. The van der Waals surface area contributed by atoms with E-state index in [0.717, 1.165) is 11.5 Å². The second-order valence-corrected chi connectivity index (χ2v) is 2.95. The predicted molar refractivity (Wildman–Crippen MR) is 42.7 cm³/mol. The van der Waals surface area contributed by atoms with E-state index in [4.69, 9.17) is 4.74 Å². The van der Waals surface area contributed by atoms with E-state index in [-0.39, 0.29) is 0 Å². The molecule has 1 radical (unpaired) electrons. The summed E-state index contributed by atoms with van der Waals surface area (Å²) in [7, 11) is 0. The van der Waals surface area contributed by atoms with Gasteiger partial charge in [0.25, 0.3) is 0 Å². The van der Waals surface area contributed by atoms with Crippen LogP contribution in [0.4, 0.5) is 0 Å². The molecule has 0 unspecified atom stereocenters. The topological polar surface area (TPSA) is 9.23 Å².